The smallest absolute Gasteiger partial charge is 0.305 e. The molecule has 11 nitrogen and oxygen atoms in total. The molecule has 6 N–H and O–H groups in total. The minimum Gasteiger partial charge on any atom is -0.466 e. The third kappa shape index (κ3) is 57.8. The third-order valence-electron chi connectivity index (χ3n) is 19.0. The van der Waals surface area contributed by atoms with Crippen LogP contribution in [-0.2, 0) is 23.8 Å². The fourth-order valence-corrected chi connectivity index (χ4v) is 12.8. The van der Waals surface area contributed by atoms with Crippen molar-refractivity contribution in [1.82, 2.24) is 5.32 Å². The van der Waals surface area contributed by atoms with E-state index in [4.69, 9.17) is 14.2 Å². The lowest BCUT2D eigenvalue weighted by Gasteiger charge is -2.40. The number of allylic oxidation sites excluding steroid dienone is 5. The second-order valence-electron chi connectivity index (χ2n) is 27.8. The van der Waals surface area contributed by atoms with Crippen LogP contribution < -0.4 is 5.32 Å². The van der Waals surface area contributed by atoms with Gasteiger partial charge in [-0.3, -0.25) is 9.59 Å². The molecule has 1 amide bonds. The van der Waals surface area contributed by atoms with Crippen LogP contribution in [0.5, 0.6) is 0 Å². The van der Waals surface area contributed by atoms with Gasteiger partial charge in [-0.05, 0) is 57.8 Å². The Morgan fingerprint density at radius 1 is 0.407 bits per heavy atom. The predicted molar refractivity (Wildman–Crippen MR) is 384 cm³/mol. The number of hydrogen-bond donors (Lipinski definition) is 6. The zero-order valence-corrected chi connectivity index (χ0v) is 59.8. The van der Waals surface area contributed by atoms with E-state index in [-0.39, 0.29) is 18.5 Å². The van der Waals surface area contributed by atoms with Gasteiger partial charge in [0.25, 0.3) is 0 Å². The Morgan fingerprint density at radius 2 is 0.747 bits per heavy atom. The van der Waals surface area contributed by atoms with E-state index >= 15 is 0 Å². The van der Waals surface area contributed by atoms with Gasteiger partial charge in [0.05, 0.1) is 32.0 Å². The SMILES string of the molecule is CCCC/C=C\C/C=C\CCCCCCCC(=O)OCCCCCCCCCCCCCCCCCCCCCCCCCCCCCCCCCCCCCCCCCC(=O)NC(COC1OC(CO)C(O)C(O)C1O)C(O)/C=C/CCCCCCCCCC. The fraction of sp³-hybridized carbons (Fsp3) is 0.900. The van der Waals surface area contributed by atoms with Gasteiger partial charge in [-0.25, -0.2) is 0 Å². The molecular weight excluding hydrogens is 1130 g/mol. The molecule has 11 heteroatoms. The second-order valence-corrected chi connectivity index (χ2v) is 27.8. The van der Waals surface area contributed by atoms with Gasteiger partial charge in [0.2, 0.25) is 5.91 Å². The first-order valence-corrected chi connectivity index (χ1v) is 39.8. The van der Waals surface area contributed by atoms with Crippen molar-refractivity contribution in [1.29, 1.82) is 0 Å². The highest BCUT2D eigenvalue weighted by Gasteiger charge is 2.44. The van der Waals surface area contributed by atoms with Crippen molar-refractivity contribution < 1.29 is 49.3 Å². The molecule has 91 heavy (non-hydrogen) atoms. The summed E-state index contributed by atoms with van der Waals surface area (Å²) < 4.78 is 16.7. The molecular formula is C80H151NO10. The first-order chi connectivity index (χ1) is 44.7. The lowest BCUT2D eigenvalue weighted by molar-refractivity contribution is -0.302. The summed E-state index contributed by atoms with van der Waals surface area (Å²) in [5, 5.41) is 54.4. The largest absolute Gasteiger partial charge is 0.466 e. The highest BCUT2D eigenvalue weighted by atomic mass is 16.7. The average Bonchev–Trinajstić information content (AvgIpc) is 1.14. The average molecular weight is 1290 g/mol. The molecule has 0 aromatic rings. The fourth-order valence-electron chi connectivity index (χ4n) is 12.8. The summed E-state index contributed by atoms with van der Waals surface area (Å²) in [6.45, 7) is 4.33. The van der Waals surface area contributed by atoms with E-state index in [1.165, 1.54) is 308 Å². The van der Waals surface area contributed by atoms with Crippen LogP contribution in [0.4, 0.5) is 0 Å². The van der Waals surface area contributed by atoms with Crippen molar-refractivity contribution in [2.45, 2.75) is 442 Å². The van der Waals surface area contributed by atoms with Gasteiger partial charge in [-0.2, -0.15) is 0 Å². The molecule has 0 aromatic carbocycles. The van der Waals surface area contributed by atoms with Crippen molar-refractivity contribution in [3.05, 3.63) is 36.5 Å². The molecule has 1 aliphatic rings. The van der Waals surface area contributed by atoms with Gasteiger partial charge >= 0.3 is 5.97 Å². The molecule has 0 radical (unpaired) electrons. The van der Waals surface area contributed by atoms with E-state index in [1.54, 1.807) is 6.08 Å². The zero-order chi connectivity index (χ0) is 65.8. The van der Waals surface area contributed by atoms with Crippen molar-refractivity contribution in [2.24, 2.45) is 0 Å². The number of aliphatic hydroxyl groups is 5. The van der Waals surface area contributed by atoms with Crippen molar-refractivity contribution in [2.75, 3.05) is 19.8 Å². The number of nitrogens with one attached hydrogen (secondary N) is 1. The Kier molecular flexibility index (Phi) is 66.1. The molecule has 536 valence electrons. The summed E-state index contributed by atoms with van der Waals surface area (Å²) in [4.78, 5) is 25.1. The van der Waals surface area contributed by atoms with Gasteiger partial charge in [-0.1, -0.05) is 365 Å². The summed E-state index contributed by atoms with van der Waals surface area (Å²) in [6.07, 6.45) is 80.5. The number of rotatable bonds is 71. The molecule has 1 saturated heterocycles. The Morgan fingerprint density at radius 3 is 1.14 bits per heavy atom. The second kappa shape index (κ2) is 69.2. The summed E-state index contributed by atoms with van der Waals surface area (Å²) >= 11 is 0. The Labute approximate surface area is 562 Å². The number of carbonyl (C=O) groups is 2. The number of hydrogen-bond acceptors (Lipinski definition) is 10. The van der Waals surface area contributed by atoms with E-state index in [1.807, 2.05) is 6.08 Å². The Hall–Kier alpha value is -2.12. The van der Waals surface area contributed by atoms with E-state index < -0.39 is 49.5 Å². The van der Waals surface area contributed by atoms with Gasteiger partial charge in [0, 0.05) is 12.8 Å². The van der Waals surface area contributed by atoms with Crippen LogP contribution in [-0.4, -0.2) is 100 Å². The molecule has 1 aliphatic heterocycles. The number of unbranched alkanes of at least 4 members (excludes halogenated alkanes) is 53. The number of ether oxygens (including phenoxy) is 3. The van der Waals surface area contributed by atoms with Gasteiger partial charge in [0.1, 0.15) is 24.4 Å². The highest BCUT2D eigenvalue weighted by Crippen LogP contribution is 2.24. The molecule has 0 bridgehead atoms. The minimum atomic E-state index is -1.57. The number of amides is 1. The Bertz CT molecular complexity index is 1610. The van der Waals surface area contributed by atoms with Gasteiger partial charge < -0.3 is 45.1 Å². The first-order valence-electron chi connectivity index (χ1n) is 39.8. The maximum Gasteiger partial charge on any atom is 0.305 e. The number of aliphatic hydroxyl groups excluding tert-OH is 5. The normalized spacial score (nSPS) is 17.7. The van der Waals surface area contributed by atoms with E-state index in [0.29, 0.717) is 19.4 Å². The molecule has 0 saturated carbocycles. The molecule has 1 rings (SSSR count). The van der Waals surface area contributed by atoms with Crippen LogP contribution in [0.25, 0.3) is 0 Å². The van der Waals surface area contributed by atoms with Crippen molar-refractivity contribution in [3.63, 3.8) is 0 Å². The van der Waals surface area contributed by atoms with Crippen LogP contribution in [0.2, 0.25) is 0 Å². The summed E-state index contributed by atoms with van der Waals surface area (Å²) in [6, 6.07) is -0.804. The maximum absolute atomic E-state index is 13.0. The molecule has 1 heterocycles. The monoisotopic (exact) mass is 1290 g/mol. The first kappa shape index (κ1) is 86.9. The van der Waals surface area contributed by atoms with Crippen LogP contribution in [0, 0.1) is 0 Å². The molecule has 1 fully saturated rings. The van der Waals surface area contributed by atoms with Crippen molar-refractivity contribution >= 4 is 11.9 Å². The third-order valence-corrected chi connectivity index (χ3v) is 19.0. The van der Waals surface area contributed by atoms with E-state index in [0.717, 1.165) is 64.2 Å². The van der Waals surface area contributed by atoms with Gasteiger partial charge in [-0.15, -0.1) is 0 Å². The maximum atomic E-state index is 13.0. The number of carbonyl (C=O) groups excluding carboxylic acids is 2. The van der Waals surface area contributed by atoms with E-state index in [2.05, 4.69) is 43.5 Å². The molecule has 0 aromatic heterocycles. The summed E-state index contributed by atoms with van der Waals surface area (Å²) in [7, 11) is 0. The van der Waals surface area contributed by atoms with Crippen LogP contribution in [0.1, 0.15) is 399 Å². The Balaban J connectivity index is 1.84. The van der Waals surface area contributed by atoms with Crippen LogP contribution >= 0.6 is 0 Å². The topological polar surface area (TPSA) is 175 Å². The lowest BCUT2D eigenvalue weighted by atomic mass is 9.99. The zero-order valence-electron chi connectivity index (χ0n) is 59.8. The summed E-state index contributed by atoms with van der Waals surface area (Å²) in [5.41, 5.74) is 0. The molecule has 7 atom stereocenters. The predicted octanol–water partition coefficient (Wildman–Crippen LogP) is 21.3. The van der Waals surface area contributed by atoms with Crippen LogP contribution in [0.15, 0.2) is 36.5 Å². The van der Waals surface area contributed by atoms with Crippen molar-refractivity contribution in [3.8, 4) is 0 Å². The quantitative estimate of drug-likeness (QED) is 0.0195. The number of esters is 1. The van der Waals surface area contributed by atoms with Gasteiger partial charge in [0.15, 0.2) is 6.29 Å². The van der Waals surface area contributed by atoms with E-state index in [9.17, 15) is 35.1 Å². The molecule has 0 spiro atoms. The highest BCUT2D eigenvalue weighted by molar-refractivity contribution is 5.76. The minimum absolute atomic E-state index is 0.00405. The lowest BCUT2D eigenvalue weighted by Crippen LogP contribution is -2.60. The van der Waals surface area contributed by atoms with Crippen LogP contribution in [0.3, 0.4) is 0 Å². The summed E-state index contributed by atoms with van der Waals surface area (Å²) in [5.74, 6) is -0.171. The molecule has 0 aliphatic carbocycles. The standard InChI is InChI=1S/C80H151NO10/c1-3-5-7-9-11-13-15-16-45-48-52-56-60-64-68-76(85)89-69-65-61-57-53-49-46-43-41-39-37-35-33-31-29-27-25-23-21-19-17-18-20-22-24-26-28-30-32-34-36-38-40-42-44-47-51-55-59-63-67-75(84)81-72(71-90-80-79(88)78(87)77(86)74(70-82)91-80)73(83)66-62-58-54-50-14-12-10-8-6-4-2/h9,11,15-16,62,66,72-74,77-80,82-83,86-88H,3-8,10,12-14,17-61,63-65,67-71H2,1-2H3,(H,81,84)/b11-9-,16-15-,66-62+. The molecule has 7 unspecified atom stereocenters.